The molecule has 4 aromatic heterocycles. The highest BCUT2D eigenvalue weighted by molar-refractivity contribution is 6.01. The first-order chi connectivity index (χ1) is 21.4. The molecule has 0 aliphatic carbocycles. The maximum Gasteiger partial charge on any atom is 0.255 e. The van der Waals surface area contributed by atoms with Crippen LogP contribution in [0, 0.1) is 0 Å². The zero-order valence-electron chi connectivity index (χ0n) is 25.1. The fraction of sp³-hybridized carbons (Fsp3) is 0.344. The first-order valence-corrected chi connectivity index (χ1v) is 15.0. The quantitative estimate of drug-likeness (QED) is 0.230. The summed E-state index contributed by atoms with van der Waals surface area (Å²) in [6.45, 7) is 11.0. The number of fused-ring (bicyclic) bond motifs is 1. The lowest BCUT2D eigenvalue weighted by atomic mass is 10.0. The van der Waals surface area contributed by atoms with Gasteiger partial charge in [0.2, 0.25) is 0 Å². The number of hydrogen-bond acceptors (Lipinski definition) is 8. The molecule has 228 valence electrons. The number of allylic oxidation sites excluding steroid dienone is 1. The van der Waals surface area contributed by atoms with Crippen LogP contribution in [0.4, 0.5) is 11.6 Å². The Morgan fingerprint density at radius 2 is 1.91 bits per heavy atom. The van der Waals surface area contributed by atoms with E-state index in [1.165, 1.54) is 0 Å². The van der Waals surface area contributed by atoms with Crippen molar-refractivity contribution in [1.82, 2.24) is 40.4 Å². The van der Waals surface area contributed by atoms with Crippen molar-refractivity contribution in [2.75, 3.05) is 51.2 Å². The SMILES string of the molecule is C=Nc1[nH]cc(-c2ccn3ncc(C(=O)NC4CCN(C)CC4)c3c2)c1/C=C(\C)NC(=O)c1ccnc(N2CCNCC2)c1. The number of nitrogens with zero attached hydrogens (tertiary/aromatic N) is 6. The van der Waals surface area contributed by atoms with Gasteiger partial charge in [-0.25, -0.2) is 14.5 Å². The van der Waals surface area contributed by atoms with E-state index in [0.717, 1.165) is 74.6 Å². The molecule has 4 N–H and O–H groups in total. The Kier molecular flexibility index (Phi) is 8.53. The van der Waals surface area contributed by atoms with Crippen LogP contribution in [0.25, 0.3) is 22.7 Å². The van der Waals surface area contributed by atoms with E-state index in [-0.39, 0.29) is 17.9 Å². The zero-order valence-corrected chi connectivity index (χ0v) is 25.1. The molecule has 2 saturated heterocycles. The van der Waals surface area contributed by atoms with Crippen molar-refractivity contribution in [3.63, 3.8) is 0 Å². The minimum atomic E-state index is -0.219. The van der Waals surface area contributed by atoms with Crippen molar-refractivity contribution in [1.29, 1.82) is 0 Å². The lowest BCUT2D eigenvalue weighted by Gasteiger charge is -2.29. The van der Waals surface area contributed by atoms with Gasteiger partial charge in [-0.15, -0.1) is 0 Å². The second-order valence-electron chi connectivity index (χ2n) is 11.4. The third kappa shape index (κ3) is 6.26. The number of amides is 2. The number of pyridine rings is 2. The molecule has 12 heteroatoms. The molecule has 12 nitrogen and oxygen atoms in total. The van der Waals surface area contributed by atoms with Crippen molar-refractivity contribution in [2.45, 2.75) is 25.8 Å². The Morgan fingerprint density at radius 1 is 1.11 bits per heavy atom. The van der Waals surface area contributed by atoms with E-state index in [4.69, 9.17) is 0 Å². The number of nitrogens with one attached hydrogen (secondary N) is 4. The van der Waals surface area contributed by atoms with Gasteiger partial charge in [0.15, 0.2) is 0 Å². The number of piperidine rings is 1. The largest absolute Gasteiger partial charge is 0.354 e. The standard InChI is InChI=1S/C32H38N10O2/c1-21(38-31(43)23-4-8-35-29(18-23)41-14-9-34-10-15-41)16-25-26(19-36-30(25)33-2)22-5-13-42-28(17-22)27(20-37-42)32(44)39-24-6-11-40(3)12-7-24/h4-5,8,13,16-20,24,34,36H,2,6-7,9-12,14-15H2,1,3H3,(H,38,43)(H,39,44)/b21-16+. The van der Waals surface area contributed by atoms with Crippen molar-refractivity contribution in [2.24, 2.45) is 4.99 Å². The van der Waals surface area contributed by atoms with Gasteiger partial charge in [0.05, 0.1) is 17.3 Å². The highest BCUT2D eigenvalue weighted by Gasteiger charge is 2.22. The number of carbonyl (C=O) groups is 2. The van der Waals surface area contributed by atoms with Crippen molar-refractivity contribution < 1.29 is 9.59 Å². The number of H-pyrrole nitrogens is 1. The Hall–Kier alpha value is -4.81. The molecular formula is C32H38N10O2. The molecule has 2 aliphatic rings. The van der Waals surface area contributed by atoms with Crippen LogP contribution in [0.15, 0.2) is 59.7 Å². The molecule has 0 atom stereocenters. The predicted molar refractivity (Wildman–Crippen MR) is 173 cm³/mol. The normalized spacial score (nSPS) is 16.7. The van der Waals surface area contributed by atoms with Crippen molar-refractivity contribution in [3.05, 3.63) is 71.4 Å². The van der Waals surface area contributed by atoms with Crippen LogP contribution in [-0.4, -0.2) is 95.4 Å². The first-order valence-electron chi connectivity index (χ1n) is 15.0. The van der Waals surface area contributed by atoms with Crippen LogP contribution in [0.3, 0.4) is 0 Å². The average Bonchev–Trinajstić information content (AvgIpc) is 3.66. The Balaban J connectivity index is 1.23. The molecule has 6 heterocycles. The van der Waals surface area contributed by atoms with Gasteiger partial charge in [0, 0.05) is 73.2 Å². The van der Waals surface area contributed by atoms with Crippen LogP contribution >= 0.6 is 0 Å². The van der Waals surface area contributed by atoms with Crippen LogP contribution in [0.2, 0.25) is 0 Å². The molecule has 6 rings (SSSR count). The van der Waals surface area contributed by atoms with Gasteiger partial charge in [0.25, 0.3) is 11.8 Å². The van der Waals surface area contributed by atoms with Gasteiger partial charge in [-0.3, -0.25) is 9.59 Å². The third-order valence-corrected chi connectivity index (χ3v) is 8.31. The summed E-state index contributed by atoms with van der Waals surface area (Å²) in [7, 11) is 2.10. The molecule has 0 radical (unpaired) electrons. The van der Waals surface area contributed by atoms with Gasteiger partial charge in [-0.1, -0.05) is 0 Å². The van der Waals surface area contributed by atoms with E-state index in [1.54, 1.807) is 23.0 Å². The van der Waals surface area contributed by atoms with Gasteiger partial charge in [-0.05, 0) is 82.5 Å². The Morgan fingerprint density at radius 3 is 2.68 bits per heavy atom. The second kappa shape index (κ2) is 12.8. The number of likely N-dealkylation sites (tertiary alicyclic amines) is 1. The topological polar surface area (TPSA) is 135 Å². The summed E-state index contributed by atoms with van der Waals surface area (Å²) >= 11 is 0. The minimum Gasteiger partial charge on any atom is -0.354 e. The molecular weight excluding hydrogens is 556 g/mol. The van der Waals surface area contributed by atoms with Gasteiger partial charge in [0.1, 0.15) is 11.6 Å². The number of aliphatic imine (C=N–C) groups is 1. The van der Waals surface area contributed by atoms with Crippen LogP contribution < -0.4 is 20.9 Å². The lowest BCUT2D eigenvalue weighted by Crippen LogP contribution is -2.44. The zero-order chi connectivity index (χ0) is 30.6. The molecule has 0 unspecified atom stereocenters. The molecule has 0 spiro atoms. The Labute approximate surface area is 256 Å². The van der Waals surface area contributed by atoms with E-state index in [2.05, 4.69) is 59.6 Å². The van der Waals surface area contributed by atoms with Gasteiger partial charge < -0.3 is 30.7 Å². The molecule has 2 aliphatic heterocycles. The maximum atomic E-state index is 13.2. The monoisotopic (exact) mass is 594 g/mol. The number of anilines is 1. The molecule has 0 saturated carbocycles. The number of carbonyl (C=O) groups excluding carboxylic acids is 2. The third-order valence-electron chi connectivity index (χ3n) is 8.31. The summed E-state index contributed by atoms with van der Waals surface area (Å²) in [5.41, 5.74) is 4.92. The van der Waals surface area contributed by atoms with Crippen molar-refractivity contribution >= 4 is 41.8 Å². The number of aromatic amines is 1. The van der Waals surface area contributed by atoms with E-state index in [9.17, 15) is 9.59 Å². The van der Waals surface area contributed by atoms with Crippen LogP contribution in [0.5, 0.6) is 0 Å². The summed E-state index contributed by atoms with van der Waals surface area (Å²) in [5.74, 6) is 1.03. The summed E-state index contributed by atoms with van der Waals surface area (Å²) in [6.07, 6.45) is 10.7. The summed E-state index contributed by atoms with van der Waals surface area (Å²) in [5, 5.41) is 13.9. The van der Waals surface area contributed by atoms with E-state index in [0.29, 0.717) is 28.2 Å². The van der Waals surface area contributed by atoms with E-state index >= 15 is 0 Å². The fourth-order valence-corrected chi connectivity index (χ4v) is 5.81. The minimum absolute atomic E-state index is 0.121. The van der Waals surface area contributed by atoms with E-state index < -0.39 is 0 Å². The van der Waals surface area contributed by atoms with Gasteiger partial charge in [-0.2, -0.15) is 5.10 Å². The maximum absolute atomic E-state index is 13.2. The lowest BCUT2D eigenvalue weighted by molar-refractivity contribution is 0.0917. The molecule has 0 aromatic carbocycles. The van der Waals surface area contributed by atoms with Crippen molar-refractivity contribution in [3.8, 4) is 11.1 Å². The van der Waals surface area contributed by atoms with Crippen LogP contribution in [-0.2, 0) is 0 Å². The number of aromatic nitrogens is 4. The Bertz CT molecular complexity index is 1710. The average molecular weight is 595 g/mol. The smallest absolute Gasteiger partial charge is 0.255 e. The highest BCUT2D eigenvalue weighted by Crippen LogP contribution is 2.33. The highest BCUT2D eigenvalue weighted by atomic mass is 16.2. The summed E-state index contributed by atoms with van der Waals surface area (Å²) in [6, 6.07) is 7.58. The summed E-state index contributed by atoms with van der Waals surface area (Å²) < 4.78 is 1.71. The molecule has 0 bridgehead atoms. The molecule has 44 heavy (non-hydrogen) atoms. The molecule has 4 aromatic rings. The molecule has 2 amide bonds. The first kappa shape index (κ1) is 29.3. The fourth-order valence-electron chi connectivity index (χ4n) is 5.81. The molecule has 2 fully saturated rings. The van der Waals surface area contributed by atoms with E-state index in [1.807, 2.05) is 43.6 Å². The number of piperazine rings is 1. The second-order valence-corrected chi connectivity index (χ2v) is 11.4. The van der Waals surface area contributed by atoms with Gasteiger partial charge >= 0.3 is 0 Å². The summed E-state index contributed by atoms with van der Waals surface area (Å²) in [4.78, 5) is 42.7. The van der Waals surface area contributed by atoms with Crippen LogP contribution in [0.1, 0.15) is 46.0 Å². The number of hydrogen-bond donors (Lipinski definition) is 4. The number of rotatable bonds is 8. The predicted octanol–water partition coefficient (Wildman–Crippen LogP) is 3.08.